The predicted molar refractivity (Wildman–Crippen MR) is 124 cm³/mol. The van der Waals surface area contributed by atoms with Gasteiger partial charge in [-0.05, 0) is 55.0 Å². The lowest BCUT2D eigenvalue weighted by Crippen LogP contribution is -2.37. The molecule has 0 saturated carbocycles. The van der Waals surface area contributed by atoms with Gasteiger partial charge in [-0.15, -0.1) is 0 Å². The predicted octanol–water partition coefficient (Wildman–Crippen LogP) is 5.10. The van der Waals surface area contributed by atoms with E-state index in [1.54, 1.807) is 48.2 Å². The normalized spacial score (nSPS) is 16.2. The number of nitrogens with one attached hydrogen (secondary N) is 1. The number of carbonyl (C=O) groups is 1. The average molecular weight is 491 g/mol. The Kier molecular flexibility index (Phi) is 6.33. The molecule has 4 rings (SSSR count). The second-order valence-electron chi connectivity index (χ2n) is 7.43. The minimum Gasteiger partial charge on any atom is -0.481 e. The van der Waals surface area contributed by atoms with E-state index in [0.29, 0.717) is 33.6 Å². The van der Waals surface area contributed by atoms with Gasteiger partial charge in [0.2, 0.25) is 0 Å². The Balaban J connectivity index is 1.62. The molecule has 0 radical (unpaired) electrons. The Bertz CT molecular complexity index is 1280. The van der Waals surface area contributed by atoms with Gasteiger partial charge in [-0.3, -0.25) is 9.52 Å². The molecule has 32 heavy (non-hydrogen) atoms. The third kappa shape index (κ3) is 4.85. The van der Waals surface area contributed by atoms with Crippen LogP contribution < -0.4 is 9.46 Å². The molecule has 0 saturated heterocycles. The molecule has 0 aromatic heterocycles. The van der Waals surface area contributed by atoms with Gasteiger partial charge in [0.15, 0.2) is 6.10 Å². The maximum Gasteiger partial charge on any atom is 0.263 e. The number of rotatable bonds is 5. The molecule has 1 heterocycles. The van der Waals surface area contributed by atoms with Crippen LogP contribution in [0.25, 0.3) is 0 Å². The van der Waals surface area contributed by atoms with Gasteiger partial charge in [-0.2, -0.15) is 0 Å². The highest BCUT2D eigenvalue weighted by Gasteiger charge is 2.28. The first-order valence-corrected chi connectivity index (χ1v) is 12.1. The Morgan fingerprint density at radius 3 is 2.59 bits per heavy atom. The van der Waals surface area contributed by atoms with Crippen molar-refractivity contribution in [1.82, 2.24) is 4.90 Å². The number of anilines is 1. The summed E-state index contributed by atoms with van der Waals surface area (Å²) in [6, 6.07) is 18.3. The number of fused-ring (bicyclic) bond motifs is 1. The van der Waals surface area contributed by atoms with Crippen molar-refractivity contribution in [3.63, 3.8) is 0 Å². The van der Waals surface area contributed by atoms with Crippen LogP contribution in [0.2, 0.25) is 10.0 Å². The van der Waals surface area contributed by atoms with Gasteiger partial charge in [0.1, 0.15) is 5.75 Å². The summed E-state index contributed by atoms with van der Waals surface area (Å²) in [5, 5.41) is 0.896. The largest absolute Gasteiger partial charge is 0.481 e. The van der Waals surface area contributed by atoms with Crippen molar-refractivity contribution in [2.75, 3.05) is 4.72 Å². The maximum absolute atomic E-state index is 12.9. The molecular weight excluding hydrogens is 471 g/mol. The van der Waals surface area contributed by atoms with E-state index in [4.69, 9.17) is 27.9 Å². The molecule has 1 atom stereocenters. The van der Waals surface area contributed by atoms with E-state index < -0.39 is 16.1 Å². The Hall–Kier alpha value is -2.74. The van der Waals surface area contributed by atoms with Crippen molar-refractivity contribution in [3.05, 3.63) is 87.9 Å². The zero-order chi connectivity index (χ0) is 22.9. The van der Waals surface area contributed by atoms with Gasteiger partial charge in [0.25, 0.3) is 15.9 Å². The van der Waals surface area contributed by atoms with Crippen molar-refractivity contribution in [2.45, 2.75) is 31.0 Å². The second kappa shape index (κ2) is 9.02. The van der Waals surface area contributed by atoms with Crippen LogP contribution in [-0.4, -0.2) is 25.3 Å². The highest BCUT2D eigenvalue weighted by Crippen LogP contribution is 2.31. The van der Waals surface area contributed by atoms with Crippen molar-refractivity contribution < 1.29 is 17.9 Å². The number of hydrogen-bond acceptors (Lipinski definition) is 4. The number of sulfonamides is 1. The molecule has 0 fully saturated rings. The fraction of sp³-hybridized carbons (Fsp3) is 0.174. The van der Waals surface area contributed by atoms with Gasteiger partial charge in [0, 0.05) is 34.4 Å². The molecule has 9 heteroatoms. The molecule has 6 nitrogen and oxygen atoms in total. The van der Waals surface area contributed by atoms with E-state index in [2.05, 4.69) is 4.72 Å². The van der Waals surface area contributed by atoms with Gasteiger partial charge in [-0.1, -0.05) is 47.5 Å². The van der Waals surface area contributed by atoms with Crippen molar-refractivity contribution in [3.8, 4) is 5.75 Å². The van der Waals surface area contributed by atoms with E-state index in [0.717, 1.165) is 5.56 Å². The fourth-order valence-corrected chi connectivity index (χ4v) is 5.02. The lowest BCUT2D eigenvalue weighted by molar-refractivity contribution is -0.138. The summed E-state index contributed by atoms with van der Waals surface area (Å²) >= 11 is 12.2. The topological polar surface area (TPSA) is 75.7 Å². The quantitative estimate of drug-likeness (QED) is 0.539. The molecular formula is C23H20Cl2N2O4S. The maximum atomic E-state index is 12.9. The van der Waals surface area contributed by atoms with Crippen LogP contribution in [0.5, 0.6) is 5.75 Å². The SMILES string of the molecule is C[C@H]1Oc2ccc(NS(=O)(=O)c3cccc(Cl)c3)cc2CN(Cc2ccccc2Cl)C1=O. The van der Waals surface area contributed by atoms with Crippen molar-refractivity contribution in [2.24, 2.45) is 0 Å². The minimum absolute atomic E-state index is 0.0559. The molecule has 0 bridgehead atoms. The van der Waals surface area contributed by atoms with Gasteiger partial charge >= 0.3 is 0 Å². The number of ether oxygens (including phenoxy) is 1. The molecule has 1 N–H and O–H groups in total. The van der Waals surface area contributed by atoms with Crippen LogP contribution in [0.15, 0.2) is 71.6 Å². The third-order valence-corrected chi connectivity index (χ3v) is 7.05. The lowest BCUT2D eigenvalue weighted by atomic mass is 10.1. The fourth-order valence-electron chi connectivity index (χ4n) is 3.48. The molecule has 0 spiro atoms. The van der Waals surface area contributed by atoms with Crippen LogP contribution in [0.4, 0.5) is 5.69 Å². The molecule has 0 aliphatic carbocycles. The van der Waals surface area contributed by atoms with Gasteiger partial charge < -0.3 is 9.64 Å². The summed E-state index contributed by atoms with van der Waals surface area (Å²) in [6.07, 6.45) is -0.687. The first-order chi connectivity index (χ1) is 15.2. The number of nitrogens with zero attached hydrogens (tertiary/aromatic N) is 1. The first kappa shape index (κ1) is 22.5. The summed E-state index contributed by atoms with van der Waals surface area (Å²) in [7, 11) is -3.83. The Morgan fingerprint density at radius 2 is 1.84 bits per heavy atom. The summed E-state index contributed by atoms with van der Waals surface area (Å²) in [6.45, 7) is 2.24. The molecule has 1 aliphatic heterocycles. The number of amides is 1. The monoisotopic (exact) mass is 490 g/mol. The Labute approximate surface area is 196 Å². The zero-order valence-corrected chi connectivity index (χ0v) is 19.4. The second-order valence-corrected chi connectivity index (χ2v) is 9.96. The van der Waals surface area contributed by atoms with E-state index in [-0.39, 0.29) is 17.3 Å². The number of halogens is 2. The minimum atomic E-state index is -3.83. The molecule has 3 aromatic rings. The van der Waals surface area contributed by atoms with Gasteiger partial charge in [0.05, 0.1) is 4.90 Å². The van der Waals surface area contributed by atoms with Crippen LogP contribution in [0.3, 0.4) is 0 Å². The average Bonchev–Trinajstić information content (AvgIpc) is 2.86. The molecule has 0 unspecified atom stereocenters. The summed E-state index contributed by atoms with van der Waals surface area (Å²) in [5.74, 6) is 0.348. The third-order valence-electron chi connectivity index (χ3n) is 5.06. The molecule has 1 amide bonds. The van der Waals surface area contributed by atoms with Crippen molar-refractivity contribution >= 4 is 44.8 Å². The van der Waals surface area contributed by atoms with E-state index in [9.17, 15) is 13.2 Å². The van der Waals surface area contributed by atoms with Crippen LogP contribution >= 0.6 is 23.2 Å². The first-order valence-electron chi connectivity index (χ1n) is 9.83. The van der Waals surface area contributed by atoms with Crippen LogP contribution in [0, 0.1) is 0 Å². The smallest absolute Gasteiger partial charge is 0.263 e. The van der Waals surface area contributed by atoms with E-state index >= 15 is 0 Å². The van der Waals surface area contributed by atoms with Crippen molar-refractivity contribution in [1.29, 1.82) is 0 Å². The van der Waals surface area contributed by atoms with Crippen LogP contribution in [-0.2, 0) is 27.9 Å². The standard InChI is InChI=1S/C23H20Cl2N2O4S/c1-15-23(28)27(13-16-5-2-3-8-21(16)25)14-17-11-19(9-10-22(17)31-15)26-32(29,30)20-7-4-6-18(24)12-20/h2-12,15,26H,13-14H2,1H3/t15-/m1/s1. The van der Waals surface area contributed by atoms with E-state index in [1.165, 1.54) is 12.1 Å². The van der Waals surface area contributed by atoms with E-state index in [1.807, 2.05) is 18.2 Å². The molecule has 1 aliphatic rings. The lowest BCUT2D eigenvalue weighted by Gasteiger charge is -2.22. The number of hydrogen-bond donors (Lipinski definition) is 1. The van der Waals surface area contributed by atoms with Gasteiger partial charge in [-0.25, -0.2) is 8.42 Å². The molecule has 166 valence electrons. The molecule has 3 aromatic carbocycles. The van der Waals surface area contributed by atoms with Crippen LogP contribution in [0.1, 0.15) is 18.1 Å². The summed E-state index contributed by atoms with van der Waals surface area (Å²) in [5.41, 5.74) is 1.85. The summed E-state index contributed by atoms with van der Waals surface area (Å²) in [4.78, 5) is 14.6. The number of benzene rings is 3. The Morgan fingerprint density at radius 1 is 1.06 bits per heavy atom. The highest BCUT2D eigenvalue weighted by atomic mass is 35.5. The summed E-state index contributed by atoms with van der Waals surface area (Å²) < 4.78 is 33.9. The number of carbonyl (C=O) groups excluding carboxylic acids is 1. The highest BCUT2D eigenvalue weighted by molar-refractivity contribution is 7.92. The zero-order valence-electron chi connectivity index (χ0n) is 17.1.